The molecule has 0 saturated carbocycles. The average Bonchev–Trinajstić information content (AvgIpc) is 2.26. The van der Waals surface area contributed by atoms with E-state index in [1.165, 1.54) is 5.56 Å². The van der Waals surface area contributed by atoms with Crippen LogP contribution in [0.25, 0.3) is 0 Å². The minimum absolute atomic E-state index is 0.471. The summed E-state index contributed by atoms with van der Waals surface area (Å²) in [5.74, 6) is 1.46. The first kappa shape index (κ1) is 13.0. The number of pyridine rings is 1. The molecular weight excluding hydrogens is 198 g/mol. The van der Waals surface area contributed by atoms with Crippen molar-refractivity contribution in [3.05, 3.63) is 23.4 Å². The third-order valence-corrected chi connectivity index (χ3v) is 2.43. The van der Waals surface area contributed by atoms with E-state index in [0.29, 0.717) is 5.92 Å². The molecule has 1 aromatic rings. The first-order valence-electron chi connectivity index (χ1n) is 6.12. The van der Waals surface area contributed by atoms with Gasteiger partial charge in [0.05, 0.1) is 0 Å². The van der Waals surface area contributed by atoms with Gasteiger partial charge < -0.3 is 10.6 Å². The highest BCUT2D eigenvalue weighted by molar-refractivity contribution is 5.40. The summed E-state index contributed by atoms with van der Waals surface area (Å²) in [6.07, 6.45) is 0. The number of nitrogens with zero attached hydrogens (tertiary/aromatic N) is 1. The summed E-state index contributed by atoms with van der Waals surface area (Å²) in [7, 11) is 0. The van der Waals surface area contributed by atoms with Gasteiger partial charge in [0.25, 0.3) is 0 Å². The third kappa shape index (κ3) is 3.81. The van der Waals surface area contributed by atoms with E-state index >= 15 is 0 Å². The highest BCUT2D eigenvalue weighted by Crippen LogP contribution is 2.17. The minimum Gasteiger partial charge on any atom is -0.370 e. The van der Waals surface area contributed by atoms with Crippen molar-refractivity contribution in [2.24, 2.45) is 0 Å². The molecule has 1 heterocycles. The van der Waals surface area contributed by atoms with Crippen molar-refractivity contribution in [2.45, 2.75) is 40.2 Å². The van der Waals surface area contributed by atoms with Gasteiger partial charge in [0.15, 0.2) is 0 Å². The predicted octanol–water partition coefficient (Wildman–Crippen LogP) is 2.75. The van der Waals surface area contributed by atoms with Crippen LogP contribution in [0.4, 0.5) is 5.82 Å². The van der Waals surface area contributed by atoms with Crippen molar-refractivity contribution in [3.63, 3.8) is 0 Å². The second kappa shape index (κ2) is 6.48. The van der Waals surface area contributed by atoms with Crippen LogP contribution in [0.15, 0.2) is 12.1 Å². The maximum Gasteiger partial charge on any atom is 0.126 e. The van der Waals surface area contributed by atoms with E-state index in [9.17, 15) is 0 Å². The van der Waals surface area contributed by atoms with E-state index in [2.05, 4.69) is 55.4 Å². The largest absolute Gasteiger partial charge is 0.370 e. The van der Waals surface area contributed by atoms with E-state index in [0.717, 1.165) is 31.1 Å². The number of hydrogen-bond acceptors (Lipinski definition) is 3. The second-order valence-electron chi connectivity index (χ2n) is 4.25. The van der Waals surface area contributed by atoms with Gasteiger partial charge in [0.2, 0.25) is 0 Å². The quantitative estimate of drug-likeness (QED) is 0.775. The maximum absolute atomic E-state index is 4.59. The van der Waals surface area contributed by atoms with Gasteiger partial charge in [-0.1, -0.05) is 20.8 Å². The monoisotopic (exact) mass is 221 g/mol. The van der Waals surface area contributed by atoms with Gasteiger partial charge in [0.1, 0.15) is 5.82 Å². The van der Waals surface area contributed by atoms with Crippen LogP contribution in [0.2, 0.25) is 0 Å². The van der Waals surface area contributed by atoms with Gasteiger partial charge in [-0.05, 0) is 37.1 Å². The number of aromatic nitrogens is 1. The fourth-order valence-electron chi connectivity index (χ4n) is 1.55. The standard InChI is InChI=1S/C13H23N3/c1-5-14-9-11-7-12(10(3)4)16-13(8-11)15-6-2/h7-8,10,14H,5-6,9H2,1-4H3,(H,15,16). The SMILES string of the molecule is CCNCc1cc(NCC)nc(C(C)C)c1. The summed E-state index contributed by atoms with van der Waals surface area (Å²) >= 11 is 0. The number of anilines is 1. The van der Waals surface area contributed by atoms with E-state index in [4.69, 9.17) is 0 Å². The summed E-state index contributed by atoms with van der Waals surface area (Å²) < 4.78 is 0. The van der Waals surface area contributed by atoms with Crippen molar-refractivity contribution in [1.82, 2.24) is 10.3 Å². The van der Waals surface area contributed by atoms with Crippen LogP contribution >= 0.6 is 0 Å². The molecule has 0 bridgehead atoms. The smallest absolute Gasteiger partial charge is 0.126 e. The van der Waals surface area contributed by atoms with Crippen molar-refractivity contribution in [2.75, 3.05) is 18.4 Å². The van der Waals surface area contributed by atoms with Gasteiger partial charge >= 0.3 is 0 Å². The van der Waals surface area contributed by atoms with Gasteiger partial charge in [0, 0.05) is 18.8 Å². The highest BCUT2D eigenvalue weighted by Gasteiger charge is 2.05. The van der Waals surface area contributed by atoms with Crippen LogP contribution in [0.5, 0.6) is 0 Å². The summed E-state index contributed by atoms with van der Waals surface area (Å²) in [6.45, 7) is 11.4. The molecule has 0 atom stereocenters. The zero-order valence-corrected chi connectivity index (χ0v) is 10.8. The molecule has 1 rings (SSSR count). The lowest BCUT2D eigenvalue weighted by Crippen LogP contribution is -2.13. The fraction of sp³-hybridized carbons (Fsp3) is 0.615. The maximum atomic E-state index is 4.59. The molecule has 0 unspecified atom stereocenters. The van der Waals surface area contributed by atoms with E-state index in [-0.39, 0.29) is 0 Å². The Balaban J connectivity index is 2.89. The Hall–Kier alpha value is -1.09. The Kier molecular flexibility index (Phi) is 5.26. The molecule has 2 N–H and O–H groups in total. The Morgan fingerprint density at radius 3 is 2.50 bits per heavy atom. The summed E-state index contributed by atoms with van der Waals surface area (Å²) in [6, 6.07) is 4.31. The molecule has 0 radical (unpaired) electrons. The molecule has 0 aliphatic rings. The molecule has 90 valence electrons. The molecular formula is C13H23N3. The van der Waals surface area contributed by atoms with Crippen molar-refractivity contribution in [1.29, 1.82) is 0 Å². The first-order valence-corrected chi connectivity index (χ1v) is 6.12. The molecule has 0 saturated heterocycles. The topological polar surface area (TPSA) is 37.0 Å². The van der Waals surface area contributed by atoms with Crippen LogP contribution < -0.4 is 10.6 Å². The molecule has 0 amide bonds. The zero-order chi connectivity index (χ0) is 12.0. The van der Waals surface area contributed by atoms with Gasteiger partial charge in [-0.2, -0.15) is 0 Å². The minimum atomic E-state index is 0.471. The third-order valence-electron chi connectivity index (χ3n) is 2.43. The highest BCUT2D eigenvalue weighted by atomic mass is 15.0. The number of rotatable bonds is 6. The van der Waals surface area contributed by atoms with Gasteiger partial charge in [-0.3, -0.25) is 0 Å². The number of nitrogens with one attached hydrogen (secondary N) is 2. The summed E-state index contributed by atoms with van der Waals surface area (Å²) in [5, 5.41) is 6.63. The summed E-state index contributed by atoms with van der Waals surface area (Å²) in [4.78, 5) is 4.59. The van der Waals surface area contributed by atoms with E-state index < -0.39 is 0 Å². The van der Waals surface area contributed by atoms with Crippen LogP contribution in [0.1, 0.15) is 44.9 Å². The normalized spacial score (nSPS) is 10.8. The number of hydrogen-bond donors (Lipinski definition) is 2. The molecule has 0 aliphatic carbocycles. The Bertz CT molecular complexity index is 321. The van der Waals surface area contributed by atoms with Crippen molar-refractivity contribution in [3.8, 4) is 0 Å². The van der Waals surface area contributed by atoms with Gasteiger partial charge in [-0.15, -0.1) is 0 Å². The van der Waals surface area contributed by atoms with Crippen molar-refractivity contribution < 1.29 is 0 Å². The van der Waals surface area contributed by atoms with Crippen molar-refractivity contribution >= 4 is 5.82 Å². The molecule has 1 aromatic heterocycles. The lowest BCUT2D eigenvalue weighted by molar-refractivity contribution is 0.721. The van der Waals surface area contributed by atoms with E-state index in [1.54, 1.807) is 0 Å². The average molecular weight is 221 g/mol. The Morgan fingerprint density at radius 1 is 1.19 bits per heavy atom. The lowest BCUT2D eigenvalue weighted by Gasteiger charge is -2.12. The molecule has 0 aliphatic heterocycles. The molecule has 0 spiro atoms. The molecule has 3 heteroatoms. The summed E-state index contributed by atoms with van der Waals surface area (Å²) in [5.41, 5.74) is 2.46. The molecule has 0 aromatic carbocycles. The van der Waals surface area contributed by atoms with Crippen LogP contribution in [0, 0.1) is 0 Å². The van der Waals surface area contributed by atoms with E-state index in [1.807, 2.05) is 0 Å². The zero-order valence-electron chi connectivity index (χ0n) is 10.8. The Labute approximate surface area is 98.7 Å². The molecule has 16 heavy (non-hydrogen) atoms. The Morgan fingerprint density at radius 2 is 1.94 bits per heavy atom. The first-order chi connectivity index (χ1) is 7.67. The molecule has 0 fully saturated rings. The van der Waals surface area contributed by atoms with Crippen LogP contribution in [-0.4, -0.2) is 18.1 Å². The molecule has 3 nitrogen and oxygen atoms in total. The van der Waals surface area contributed by atoms with Crippen LogP contribution in [0.3, 0.4) is 0 Å². The lowest BCUT2D eigenvalue weighted by atomic mass is 10.1. The second-order valence-corrected chi connectivity index (χ2v) is 4.25. The van der Waals surface area contributed by atoms with Gasteiger partial charge in [-0.25, -0.2) is 4.98 Å². The van der Waals surface area contributed by atoms with Crippen LogP contribution in [-0.2, 0) is 6.54 Å². The predicted molar refractivity (Wildman–Crippen MR) is 69.9 cm³/mol. The fourth-order valence-corrected chi connectivity index (χ4v) is 1.55.